The Morgan fingerprint density at radius 1 is 1.24 bits per heavy atom. The van der Waals surface area contributed by atoms with Crippen molar-refractivity contribution >= 4 is 49.5 Å². The summed E-state index contributed by atoms with van der Waals surface area (Å²) in [6.07, 6.45) is 2.83. The smallest absolute Gasteiger partial charge is 0.387 e. The molecule has 2 aromatic carbocycles. The molecule has 0 aliphatic rings. The second-order valence-electron chi connectivity index (χ2n) is 4.71. The van der Waals surface area contributed by atoms with Gasteiger partial charge in [0.25, 0.3) is 0 Å². The molecular weight excluding hydrogens is 464 g/mol. The van der Waals surface area contributed by atoms with Crippen molar-refractivity contribution in [3.8, 4) is 11.5 Å². The van der Waals surface area contributed by atoms with Crippen LogP contribution >= 0.6 is 31.9 Å². The molecule has 1 amide bonds. The van der Waals surface area contributed by atoms with E-state index in [2.05, 4.69) is 41.9 Å². The molecule has 0 spiro atoms. The van der Waals surface area contributed by atoms with Crippen molar-refractivity contribution in [2.45, 2.75) is 6.61 Å². The SMILES string of the molecule is COc1c(Br)cc(Br)cc1/C=C/C(=O)Nc1ccccc1OC(F)F. The third-order valence-electron chi connectivity index (χ3n) is 3.02. The van der Waals surface area contributed by atoms with Gasteiger partial charge >= 0.3 is 6.61 Å². The van der Waals surface area contributed by atoms with Crippen LogP contribution in [0.25, 0.3) is 6.08 Å². The fourth-order valence-corrected chi connectivity index (χ4v) is 3.45. The minimum Gasteiger partial charge on any atom is -0.495 e. The van der Waals surface area contributed by atoms with Crippen molar-refractivity contribution in [3.63, 3.8) is 0 Å². The Morgan fingerprint density at radius 2 is 1.96 bits per heavy atom. The van der Waals surface area contributed by atoms with E-state index in [0.717, 1.165) is 8.95 Å². The van der Waals surface area contributed by atoms with Crippen molar-refractivity contribution < 1.29 is 23.0 Å². The molecule has 0 heterocycles. The number of amides is 1. The van der Waals surface area contributed by atoms with Gasteiger partial charge in [0.15, 0.2) is 0 Å². The molecule has 0 saturated carbocycles. The Kier molecular flexibility index (Phi) is 6.95. The first-order valence-corrected chi connectivity index (χ1v) is 8.55. The van der Waals surface area contributed by atoms with Crippen LogP contribution in [0.4, 0.5) is 14.5 Å². The van der Waals surface area contributed by atoms with E-state index in [-0.39, 0.29) is 11.4 Å². The molecule has 25 heavy (non-hydrogen) atoms. The lowest BCUT2D eigenvalue weighted by atomic mass is 10.2. The fourth-order valence-electron chi connectivity index (χ4n) is 2.03. The predicted molar refractivity (Wildman–Crippen MR) is 99.1 cm³/mol. The van der Waals surface area contributed by atoms with Crippen LogP contribution in [0.5, 0.6) is 11.5 Å². The van der Waals surface area contributed by atoms with Crippen LogP contribution in [0, 0.1) is 0 Å². The fraction of sp³-hybridized carbons (Fsp3) is 0.118. The van der Waals surface area contributed by atoms with E-state index in [1.807, 2.05) is 6.07 Å². The molecule has 0 fully saturated rings. The third-order valence-corrected chi connectivity index (χ3v) is 4.06. The average Bonchev–Trinajstić information content (AvgIpc) is 2.54. The van der Waals surface area contributed by atoms with Gasteiger partial charge in [-0.15, -0.1) is 0 Å². The number of alkyl halides is 2. The summed E-state index contributed by atoms with van der Waals surface area (Å²) in [7, 11) is 1.52. The minimum atomic E-state index is -2.98. The van der Waals surface area contributed by atoms with Crippen molar-refractivity contribution in [1.82, 2.24) is 0 Å². The van der Waals surface area contributed by atoms with Gasteiger partial charge in [0, 0.05) is 16.1 Å². The summed E-state index contributed by atoms with van der Waals surface area (Å²) in [5, 5.41) is 2.50. The Hall–Kier alpha value is -1.93. The van der Waals surface area contributed by atoms with Crippen LogP contribution < -0.4 is 14.8 Å². The van der Waals surface area contributed by atoms with Crippen molar-refractivity contribution in [1.29, 1.82) is 0 Å². The molecule has 1 N–H and O–H groups in total. The molecule has 0 radical (unpaired) electrons. The molecule has 0 aromatic heterocycles. The summed E-state index contributed by atoms with van der Waals surface area (Å²) in [5.41, 5.74) is 0.816. The summed E-state index contributed by atoms with van der Waals surface area (Å²) in [6.45, 7) is -2.98. The van der Waals surface area contributed by atoms with E-state index in [1.54, 1.807) is 18.2 Å². The van der Waals surface area contributed by atoms with Gasteiger partial charge in [-0.05, 0) is 46.3 Å². The molecule has 0 unspecified atom stereocenters. The van der Waals surface area contributed by atoms with E-state index < -0.39 is 12.5 Å². The second-order valence-corrected chi connectivity index (χ2v) is 6.48. The van der Waals surface area contributed by atoms with Crippen molar-refractivity contribution in [3.05, 3.63) is 57.0 Å². The third kappa shape index (κ3) is 5.54. The number of carbonyl (C=O) groups is 1. The van der Waals surface area contributed by atoms with Gasteiger partial charge in [-0.2, -0.15) is 8.78 Å². The number of nitrogens with one attached hydrogen (secondary N) is 1. The summed E-state index contributed by atoms with van der Waals surface area (Å²) >= 11 is 6.74. The number of rotatable bonds is 6. The van der Waals surface area contributed by atoms with Crippen LogP contribution in [0.2, 0.25) is 0 Å². The Labute approximate surface area is 160 Å². The zero-order valence-corrected chi connectivity index (χ0v) is 16.1. The number of para-hydroxylation sites is 2. The number of anilines is 1. The zero-order valence-electron chi connectivity index (χ0n) is 12.9. The highest BCUT2D eigenvalue weighted by atomic mass is 79.9. The first kappa shape index (κ1) is 19.4. The zero-order chi connectivity index (χ0) is 18.4. The summed E-state index contributed by atoms with van der Waals surface area (Å²) in [5.74, 6) is -0.0424. The standard InChI is InChI=1S/C17H13Br2F2NO3/c1-24-16-10(8-11(18)9-12(16)19)6-7-15(23)22-13-4-2-3-5-14(13)25-17(20)21/h2-9,17H,1H3,(H,22,23)/b7-6+. The topological polar surface area (TPSA) is 47.6 Å². The maximum Gasteiger partial charge on any atom is 0.387 e. The molecule has 8 heteroatoms. The van der Waals surface area contributed by atoms with Gasteiger partial charge in [0.05, 0.1) is 17.3 Å². The van der Waals surface area contributed by atoms with Gasteiger partial charge in [0.2, 0.25) is 5.91 Å². The minimum absolute atomic E-state index is 0.109. The first-order valence-electron chi connectivity index (χ1n) is 6.96. The maximum atomic E-state index is 12.4. The molecule has 0 bridgehead atoms. The largest absolute Gasteiger partial charge is 0.495 e. The lowest BCUT2D eigenvalue weighted by molar-refractivity contribution is -0.111. The predicted octanol–water partition coefficient (Wildman–Crippen LogP) is 5.47. The van der Waals surface area contributed by atoms with Crippen molar-refractivity contribution in [2.75, 3.05) is 12.4 Å². The molecule has 2 aromatic rings. The van der Waals surface area contributed by atoms with Crippen LogP contribution in [0.15, 0.2) is 51.4 Å². The highest BCUT2D eigenvalue weighted by Crippen LogP contribution is 2.33. The summed E-state index contributed by atoms with van der Waals surface area (Å²) < 4.78 is 36.0. The van der Waals surface area contributed by atoms with Gasteiger partial charge in [-0.1, -0.05) is 28.1 Å². The normalized spacial score (nSPS) is 11.0. The molecule has 0 aliphatic carbocycles. The number of carbonyl (C=O) groups excluding carboxylic acids is 1. The van der Waals surface area contributed by atoms with Crippen LogP contribution in [-0.2, 0) is 4.79 Å². The van der Waals surface area contributed by atoms with Gasteiger partial charge < -0.3 is 14.8 Å². The first-order chi connectivity index (χ1) is 11.9. The summed E-state index contributed by atoms with van der Waals surface area (Å²) in [4.78, 5) is 12.1. The van der Waals surface area contributed by atoms with E-state index in [4.69, 9.17) is 4.74 Å². The molecule has 2 rings (SSSR count). The van der Waals surface area contributed by atoms with Crippen LogP contribution in [0.1, 0.15) is 5.56 Å². The van der Waals surface area contributed by atoms with Gasteiger partial charge in [-0.25, -0.2) is 0 Å². The number of hydrogen-bond donors (Lipinski definition) is 1. The average molecular weight is 477 g/mol. The van der Waals surface area contributed by atoms with E-state index in [0.29, 0.717) is 11.3 Å². The highest BCUT2D eigenvalue weighted by Gasteiger charge is 2.11. The van der Waals surface area contributed by atoms with Gasteiger partial charge in [0.1, 0.15) is 11.5 Å². The second kappa shape index (κ2) is 8.96. The maximum absolute atomic E-state index is 12.4. The van der Waals surface area contributed by atoms with Crippen LogP contribution in [0.3, 0.4) is 0 Å². The molecule has 0 aliphatic heterocycles. The Morgan fingerprint density at radius 3 is 2.64 bits per heavy atom. The molecule has 0 atom stereocenters. The number of methoxy groups -OCH3 is 1. The molecule has 132 valence electrons. The van der Waals surface area contributed by atoms with Crippen LogP contribution in [-0.4, -0.2) is 19.6 Å². The van der Waals surface area contributed by atoms with Gasteiger partial charge in [-0.3, -0.25) is 4.79 Å². The lowest BCUT2D eigenvalue weighted by Gasteiger charge is -2.10. The number of hydrogen-bond acceptors (Lipinski definition) is 3. The van der Waals surface area contributed by atoms with E-state index in [1.165, 1.54) is 31.4 Å². The lowest BCUT2D eigenvalue weighted by Crippen LogP contribution is -2.11. The Balaban J connectivity index is 2.18. The molecule has 4 nitrogen and oxygen atoms in total. The monoisotopic (exact) mass is 475 g/mol. The number of ether oxygens (including phenoxy) is 2. The number of benzene rings is 2. The van der Waals surface area contributed by atoms with Crippen molar-refractivity contribution in [2.24, 2.45) is 0 Å². The number of halogens is 4. The quantitative estimate of drug-likeness (QED) is 0.562. The van der Waals surface area contributed by atoms with E-state index >= 15 is 0 Å². The Bertz CT molecular complexity index is 797. The highest BCUT2D eigenvalue weighted by molar-refractivity contribution is 9.11. The van der Waals surface area contributed by atoms with E-state index in [9.17, 15) is 13.6 Å². The molecule has 0 saturated heterocycles. The molecular formula is C17H13Br2F2NO3. The summed E-state index contributed by atoms with van der Waals surface area (Å²) in [6, 6.07) is 9.55.